The molecule has 1 nitrogen and oxygen atoms in total. The van der Waals surface area contributed by atoms with E-state index in [0.717, 1.165) is 28.0 Å². The van der Waals surface area contributed by atoms with Gasteiger partial charge in [-0.2, -0.15) is 0 Å². The second kappa shape index (κ2) is 3.74. The quantitative estimate of drug-likeness (QED) is 0.768. The van der Waals surface area contributed by atoms with Crippen LogP contribution in [0.4, 0.5) is 0 Å². The maximum Gasteiger partial charge on any atom is 0.116 e. The van der Waals surface area contributed by atoms with Crippen molar-refractivity contribution in [3.8, 4) is 5.75 Å². The van der Waals surface area contributed by atoms with Crippen LogP contribution in [-0.4, -0.2) is 5.11 Å². The standard InChI is InChI=1S/C13H13ClO/c1-3-11-12(14)5-4-9-7-10(15)6-8(2)13(9)11/h4-7,15H,3H2,1-2H3. The highest BCUT2D eigenvalue weighted by Crippen LogP contribution is 2.31. The molecule has 2 aromatic carbocycles. The van der Waals surface area contributed by atoms with Gasteiger partial charge in [-0.15, -0.1) is 0 Å². The minimum absolute atomic E-state index is 0.310. The number of halogens is 1. The first-order valence-corrected chi connectivity index (χ1v) is 5.42. The Morgan fingerprint density at radius 1 is 1.27 bits per heavy atom. The average molecular weight is 221 g/mol. The van der Waals surface area contributed by atoms with Crippen molar-refractivity contribution < 1.29 is 5.11 Å². The lowest BCUT2D eigenvalue weighted by atomic mass is 9.98. The number of fused-ring (bicyclic) bond motifs is 1. The smallest absolute Gasteiger partial charge is 0.116 e. The Hall–Kier alpha value is -1.21. The van der Waals surface area contributed by atoms with Gasteiger partial charge in [0.2, 0.25) is 0 Å². The number of aryl methyl sites for hydroxylation is 2. The molecule has 2 aromatic rings. The van der Waals surface area contributed by atoms with Crippen molar-refractivity contribution in [1.82, 2.24) is 0 Å². The number of aromatic hydroxyl groups is 1. The minimum atomic E-state index is 0.310. The van der Waals surface area contributed by atoms with E-state index in [1.165, 1.54) is 5.39 Å². The summed E-state index contributed by atoms with van der Waals surface area (Å²) in [5, 5.41) is 12.5. The summed E-state index contributed by atoms with van der Waals surface area (Å²) in [5.74, 6) is 0.310. The van der Waals surface area contributed by atoms with Crippen molar-refractivity contribution in [2.24, 2.45) is 0 Å². The van der Waals surface area contributed by atoms with E-state index in [9.17, 15) is 5.11 Å². The second-order valence-electron chi connectivity index (χ2n) is 3.74. The lowest BCUT2D eigenvalue weighted by Crippen LogP contribution is -1.88. The fourth-order valence-electron chi connectivity index (χ4n) is 2.07. The third kappa shape index (κ3) is 1.68. The lowest BCUT2D eigenvalue weighted by Gasteiger charge is -2.10. The van der Waals surface area contributed by atoms with E-state index >= 15 is 0 Å². The largest absolute Gasteiger partial charge is 0.508 e. The summed E-state index contributed by atoms with van der Waals surface area (Å²) in [5.41, 5.74) is 2.23. The number of rotatable bonds is 1. The molecular formula is C13H13ClO. The van der Waals surface area contributed by atoms with Crippen molar-refractivity contribution in [2.75, 3.05) is 0 Å². The molecule has 0 saturated carbocycles. The van der Waals surface area contributed by atoms with Crippen LogP contribution < -0.4 is 0 Å². The Morgan fingerprint density at radius 3 is 2.67 bits per heavy atom. The molecule has 0 fully saturated rings. The lowest BCUT2D eigenvalue weighted by molar-refractivity contribution is 0.476. The Bertz CT molecular complexity index is 517. The van der Waals surface area contributed by atoms with E-state index in [-0.39, 0.29) is 0 Å². The van der Waals surface area contributed by atoms with Crippen LogP contribution in [0.1, 0.15) is 18.1 Å². The van der Waals surface area contributed by atoms with Crippen LogP contribution in [0.2, 0.25) is 5.02 Å². The summed E-state index contributed by atoms with van der Waals surface area (Å²) < 4.78 is 0. The van der Waals surface area contributed by atoms with Crippen LogP contribution in [-0.2, 0) is 6.42 Å². The van der Waals surface area contributed by atoms with Crippen molar-refractivity contribution in [2.45, 2.75) is 20.3 Å². The van der Waals surface area contributed by atoms with Crippen LogP contribution in [0.25, 0.3) is 10.8 Å². The zero-order chi connectivity index (χ0) is 11.0. The molecule has 2 heteroatoms. The van der Waals surface area contributed by atoms with Crippen LogP contribution in [0, 0.1) is 6.92 Å². The molecule has 0 radical (unpaired) electrons. The Kier molecular flexibility index (Phi) is 2.57. The Morgan fingerprint density at radius 2 is 2.00 bits per heavy atom. The van der Waals surface area contributed by atoms with Gasteiger partial charge in [-0.3, -0.25) is 0 Å². The van der Waals surface area contributed by atoms with Gasteiger partial charge in [0.1, 0.15) is 5.75 Å². The molecule has 0 aliphatic heterocycles. The van der Waals surface area contributed by atoms with Gasteiger partial charge < -0.3 is 5.11 Å². The van der Waals surface area contributed by atoms with E-state index in [4.69, 9.17) is 11.6 Å². The van der Waals surface area contributed by atoms with Gasteiger partial charge in [0.25, 0.3) is 0 Å². The van der Waals surface area contributed by atoms with Gasteiger partial charge in [-0.25, -0.2) is 0 Å². The molecule has 0 heterocycles. The van der Waals surface area contributed by atoms with Crippen LogP contribution in [0.3, 0.4) is 0 Å². The van der Waals surface area contributed by atoms with Gasteiger partial charge in [-0.05, 0) is 53.4 Å². The molecule has 78 valence electrons. The average Bonchev–Trinajstić information content (AvgIpc) is 2.18. The first-order valence-electron chi connectivity index (χ1n) is 5.04. The van der Waals surface area contributed by atoms with E-state index in [0.29, 0.717) is 5.75 Å². The number of phenols is 1. The van der Waals surface area contributed by atoms with Crippen molar-refractivity contribution in [3.63, 3.8) is 0 Å². The molecule has 0 unspecified atom stereocenters. The van der Waals surface area contributed by atoms with E-state index < -0.39 is 0 Å². The highest BCUT2D eigenvalue weighted by Gasteiger charge is 2.07. The van der Waals surface area contributed by atoms with Crippen molar-refractivity contribution in [1.29, 1.82) is 0 Å². The number of hydrogen-bond donors (Lipinski definition) is 1. The fraction of sp³-hybridized carbons (Fsp3) is 0.231. The van der Waals surface area contributed by atoms with Gasteiger partial charge in [0.15, 0.2) is 0 Å². The van der Waals surface area contributed by atoms with Gasteiger partial charge >= 0.3 is 0 Å². The Balaban J connectivity index is 2.91. The molecule has 0 atom stereocenters. The first-order chi connectivity index (χ1) is 7.13. The molecule has 1 N–H and O–H groups in total. The number of hydrogen-bond acceptors (Lipinski definition) is 1. The molecule has 0 spiro atoms. The van der Waals surface area contributed by atoms with Crippen LogP contribution in [0.5, 0.6) is 5.75 Å². The highest BCUT2D eigenvalue weighted by atomic mass is 35.5. The summed E-state index contributed by atoms with van der Waals surface area (Å²) in [6.07, 6.45) is 0.905. The van der Waals surface area contributed by atoms with Crippen molar-refractivity contribution in [3.05, 3.63) is 40.4 Å². The molecular weight excluding hydrogens is 208 g/mol. The molecule has 0 aliphatic rings. The number of phenolic OH excluding ortho intramolecular Hbond substituents is 1. The minimum Gasteiger partial charge on any atom is -0.508 e. The zero-order valence-corrected chi connectivity index (χ0v) is 9.60. The van der Waals surface area contributed by atoms with Gasteiger partial charge in [0.05, 0.1) is 0 Å². The van der Waals surface area contributed by atoms with Crippen LogP contribution in [0.15, 0.2) is 24.3 Å². The van der Waals surface area contributed by atoms with E-state index in [1.807, 2.05) is 19.1 Å². The second-order valence-corrected chi connectivity index (χ2v) is 4.15. The fourth-order valence-corrected chi connectivity index (χ4v) is 2.36. The maximum atomic E-state index is 9.51. The first kappa shape index (κ1) is 10.3. The molecule has 0 aliphatic carbocycles. The maximum absolute atomic E-state index is 9.51. The highest BCUT2D eigenvalue weighted by molar-refractivity contribution is 6.32. The summed E-state index contributed by atoms with van der Waals surface area (Å²) >= 11 is 6.15. The van der Waals surface area contributed by atoms with Gasteiger partial charge in [-0.1, -0.05) is 24.6 Å². The summed E-state index contributed by atoms with van der Waals surface area (Å²) in [7, 11) is 0. The van der Waals surface area contributed by atoms with Crippen molar-refractivity contribution >= 4 is 22.4 Å². The van der Waals surface area contributed by atoms with E-state index in [1.54, 1.807) is 12.1 Å². The predicted molar refractivity (Wildman–Crippen MR) is 64.7 cm³/mol. The third-order valence-electron chi connectivity index (χ3n) is 2.70. The summed E-state index contributed by atoms with van der Waals surface area (Å²) in [4.78, 5) is 0. The molecule has 15 heavy (non-hydrogen) atoms. The monoisotopic (exact) mass is 220 g/mol. The zero-order valence-electron chi connectivity index (χ0n) is 8.84. The molecule has 0 amide bonds. The SMILES string of the molecule is CCc1c(Cl)ccc2cc(O)cc(C)c12. The van der Waals surface area contributed by atoms with Crippen LogP contribution >= 0.6 is 11.6 Å². The van der Waals surface area contributed by atoms with E-state index in [2.05, 4.69) is 6.92 Å². The molecule has 0 bridgehead atoms. The summed E-state index contributed by atoms with van der Waals surface area (Å²) in [6, 6.07) is 7.39. The molecule has 0 aromatic heterocycles. The summed E-state index contributed by atoms with van der Waals surface area (Å²) in [6.45, 7) is 4.09. The topological polar surface area (TPSA) is 20.2 Å². The normalized spacial score (nSPS) is 10.9. The third-order valence-corrected chi connectivity index (χ3v) is 3.06. The number of benzene rings is 2. The molecule has 0 saturated heterocycles. The van der Waals surface area contributed by atoms with Gasteiger partial charge in [0, 0.05) is 5.02 Å². The molecule has 2 rings (SSSR count). The predicted octanol–water partition coefficient (Wildman–Crippen LogP) is 4.07. The Labute approximate surface area is 94.3 Å².